The lowest BCUT2D eigenvalue weighted by Gasteiger charge is -2.27. The molecule has 5 amide bonds. The van der Waals surface area contributed by atoms with E-state index in [1.165, 1.54) is 18.6 Å². The molecule has 3 rings (SSSR count). The van der Waals surface area contributed by atoms with Crippen LogP contribution in [0.2, 0.25) is 0 Å². The predicted octanol–water partition coefficient (Wildman–Crippen LogP) is 1.16. The number of ether oxygens (including phenoxy) is 2. The van der Waals surface area contributed by atoms with Crippen LogP contribution in [0.4, 0.5) is 0 Å². The van der Waals surface area contributed by atoms with E-state index in [4.69, 9.17) is 9.47 Å². The van der Waals surface area contributed by atoms with Crippen LogP contribution in [0.5, 0.6) is 5.75 Å². The normalized spacial score (nSPS) is 17.1. The molecule has 1 fully saturated rings. The monoisotopic (exact) mass is 516 g/mol. The summed E-state index contributed by atoms with van der Waals surface area (Å²) in [5.41, 5.74) is 0.136. The van der Waals surface area contributed by atoms with Gasteiger partial charge >= 0.3 is 0 Å². The van der Waals surface area contributed by atoms with Crippen LogP contribution in [0.1, 0.15) is 72.1 Å². The second-order valence-electron chi connectivity index (χ2n) is 9.13. The molecular weight excluding hydrogens is 480 g/mol. The summed E-state index contributed by atoms with van der Waals surface area (Å²) in [6.45, 7) is 2.84. The molecule has 1 atom stereocenters. The number of benzene rings is 1. The zero-order valence-electron chi connectivity index (χ0n) is 21.3. The second kappa shape index (κ2) is 14.4. The molecule has 3 N–H and O–H groups in total. The number of carbonyl (C=O) groups excluding carboxylic acids is 5. The van der Waals surface area contributed by atoms with E-state index in [1.54, 1.807) is 13.2 Å². The van der Waals surface area contributed by atoms with Gasteiger partial charge in [-0.25, -0.2) is 0 Å². The Morgan fingerprint density at radius 1 is 1.00 bits per heavy atom. The first-order chi connectivity index (χ1) is 17.9. The topological polar surface area (TPSA) is 143 Å². The molecule has 0 aromatic heterocycles. The van der Waals surface area contributed by atoms with Gasteiger partial charge in [-0.2, -0.15) is 0 Å². The highest BCUT2D eigenvalue weighted by molar-refractivity contribution is 6.24. The summed E-state index contributed by atoms with van der Waals surface area (Å²) in [6, 6.07) is 3.49. The number of nitrogens with one attached hydrogen (secondary N) is 3. The maximum absolute atomic E-state index is 13.0. The summed E-state index contributed by atoms with van der Waals surface area (Å²) in [5, 5.41) is 8.30. The summed E-state index contributed by atoms with van der Waals surface area (Å²) >= 11 is 0. The Balaban J connectivity index is 1.37. The summed E-state index contributed by atoms with van der Waals surface area (Å²) < 4.78 is 10.6. The van der Waals surface area contributed by atoms with Crippen molar-refractivity contribution in [3.63, 3.8) is 0 Å². The van der Waals surface area contributed by atoms with Crippen molar-refractivity contribution in [2.75, 3.05) is 40.0 Å². The molecule has 11 nitrogen and oxygen atoms in total. The van der Waals surface area contributed by atoms with Gasteiger partial charge in [-0.1, -0.05) is 31.7 Å². The maximum Gasteiger partial charge on any atom is 0.266 e. The molecule has 0 saturated carbocycles. The van der Waals surface area contributed by atoms with Crippen molar-refractivity contribution in [3.8, 4) is 5.75 Å². The first-order valence-electron chi connectivity index (χ1n) is 12.9. The molecule has 1 saturated heterocycles. The highest BCUT2D eigenvalue weighted by Crippen LogP contribution is 2.33. The number of rotatable bonds is 16. The van der Waals surface area contributed by atoms with Gasteiger partial charge in [0.05, 0.1) is 17.7 Å². The molecule has 0 aliphatic carbocycles. The van der Waals surface area contributed by atoms with Gasteiger partial charge in [0.2, 0.25) is 11.8 Å². The number of nitrogens with zero attached hydrogens (tertiary/aromatic N) is 1. The quantitative estimate of drug-likeness (QED) is 0.219. The summed E-state index contributed by atoms with van der Waals surface area (Å²) in [5.74, 6) is -2.61. The van der Waals surface area contributed by atoms with Crippen molar-refractivity contribution < 1.29 is 33.4 Å². The number of hydrogen-bond donors (Lipinski definition) is 3. The molecule has 37 heavy (non-hydrogen) atoms. The fraction of sp³-hybridized carbons (Fsp3) is 0.577. The van der Waals surface area contributed by atoms with E-state index in [9.17, 15) is 24.0 Å². The van der Waals surface area contributed by atoms with Crippen LogP contribution in [-0.4, -0.2) is 80.4 Å². The highest BCUT2D eigenvalue weighted by atomic mass is 16.5. The predicted molar refractivity (Wildman–Crippen MR) is 134 cm³/mol. The highest BCUT2D eigenvalue weighted by Gasteiger charge is 2.46. The standard InChI is InChI=1S/C26H36N4O7/c1-36-16-15-27-13-6-4-2-3-5-7-14-28-22(32)17-37-20-10-8-9-18-23(20)26(35)30(25(18)34)19-11-12-21(31)29-24(19)33/h8-10,19,27H,2-7,11-17H2,1H3,(H,28,32)(H,29,31,33). The van der Waals surface area contributed by atoms with Crippen LogP contribution in [-0.2, 0) is 19.1 Å². The SMILES string of the molecule is COCCNCCCCCCCCNC(=O)COc1cccc2c1C(=O)N(C1CCC(=O)NC1=O)C2=O. The summed E-state index contributed by atoms with van der Waals surface area (Å²) in [7, 11) is 1.69. The molecular formula is C26H36N4O7. The van der Waals surface area contributed by atoms with Crippen LogP contribution >= 0.6 is 0 Å². The van der Waals surface area contributed by atoms with Gasteiger partial charge in [0.15, 0.2) is 6.61 Å². The third-order valence-corrected chi connectivity index (χ3v) is 6.37. The van der Waals surface area contributed by atoms with Crippen molar-refractivity contribution in [3.05, 3.63) is 29.3 Å². The Morgan fingerprint density at radius 2 is 1.73 bits per heavy atom. The van der Waals surface area contributed by atoms with Gasteiger partial charge in [0, 0.05) is 26.6 Å². The Morgan fingerprint density at radius 3 is 2.46 bits per heavy atom. The minimum atomic E-state index is -1.06. The smallest absolute Gasteiger partial charge is 0.266 e. The van der Waals surface area contributed by atoms with Crippen LogP contribution in [0.25, 0.3) is 0 Å². The van der Waals surface area contributed by atoms with Crippen molar-refractivity contribution in [1.29, 1.82) is 0 Å². The lowest BCUT2D eigenvalue weighted by atomic mass is 10.0. The molecule has 1 aromatic carbocycles. The molecule has 0 radical (unpaired) electrons. The lowest BCUT2D eigenvalue weighted by Crippen LogP contribution is -2.54. The van der Waals surface area contributed by atoms with Crippen LogP contribution in [0.3, 0.4) is 0 Å². The van der Waals surface area contributed by atoms with Gasteiger partial charge < -0.3 is 20.1 Å². The second-order valence-corrected chi connectivity index (χ2v) is 9.13. The number of fused-ring (bicyclic) bond motifs is 1. The molecule has 2 heterocycles. The van der Waals surface area contributed by atoms with Crippen LogP contribution < -0.4 is 20.7 Å². The average molecular weight is 517 g/mol. The largest absolute Gasteiger partial charge is 0.483 e. The van der Waals surface area contributed by atoms with Gasteiger partial charge in [0.25, 0.3) is 17.7 Å². The summed E-state index contributed by atoms with van der Waals surface area (Å²) in [6.07, 6.45) is 6.58. The first-order valence-corrected chi connectivity index (χ1v) is 12.9. The Kier molecular flexibility index (Phi) is 11.0. The molecule has 1 aromatic rings. The number of carbonyl (C=O) groups is 5. The van der Waals surface area contributed by atoms with E-state index >= 15 is 0 Å². The third kappa shape index (κ3) is 7.83. The summed E-state index contributed by atoms with van der Waals surface area (Å²) in [4.78, 5) is 62.7. The zero-order chi connectivity index (χ0) is 26.6. The average Bonchev–Trinajstić information content (AvgIpc) is 3.13. The number of unbranched alkanes of at least 4 members (excludes halogenated alkanes) is 5. The zero-order valence-corrected chi connectivity index (χ0v) is 21.3. The number of amides is 5. The number of methoxy groups -OCH3 is 1. The third-order valence-electron chi connectivity index (χ3n) is 6.37. The maximum atomic E-state index is 13.0. The minimum Gasteiger partial charge on any atom is -0.483 e. The number of imide groups is 2. The molecule has 2 aliphatic rings. The van der Waals surface area contributed by atoms with Crippen molar-refractivity contribution >= 4 is 29.5 Å². The van der Waals surface area contributed by atoms with Crippen molar-refractivity contribution in [2.24, 2.45) is 0 Å². The van der Waals surface area contributed by atoms with E-state index in [1.807, 2.05) is 0 Å². The molecule has 2 aliphatic heterocycles. The van der Waals surface area contributed by atoms with E-state index in [2.05, 4.69) is 16.0 Å². The molecule has 0 spiro atoms. The van der Waals surface area contributed by atoms with Crippen molar-refractivity contribution in [1.82, 2.24) is 20.9 Å². The lowest BCUT2D eigenvalue weighted by molar-refractivity contribution is -0.136. The molecule has 11 heteroatoms. The van der Waals surface area contributed by atoms with E-state index < -0.39 is 29.7 Å². The molecule has 1 unspecified atom stereocenters. The number of hydrogen-bond acceptors (Lipinski definition) is 8. The van der Waals surface area contributed by atoms with E-state index in [0.29, 0.717) is 6.54 Å². The Labute approximate surface area is 216 Å². The number of piperidine rings is 1. The first kappa shape index (κ1) is 28.3. The van der Waals surface area contributed by atoms with Crippen molar-refractivity contribution in [2.45, 2.75) is 57.4 Å². The van der Waals surface area contributed by atoms with Gasteiger partial charge in [0.1, 0.15) is 11.8 Å². The van der Waals surface area contributed by atoms with Gasteiger partial charge in [-0.15, -0.1) is 0 Å². The van der Waals surface area contributed by atoms with Gasteiger partial charge in [-0.05, 0) is 37.9 Å². The minimum absolute atomic E-state index is 0.0268. The molecule has 202 valence electrons. The fourth-order valence-corrected chi connectivity index (χ4v) is 4.41. The van der Waals surface area contributed by atoms with E-state index in [0.717, 1.165) is 56.7 Å². The fourth-order valence-electron chi connectivity index (χ4n) is 4.41. The Bertz CT molecular complexity index is 997. The van der Waals surface area contributed by atoms with E-state index in [-0.39, 0.29) is 42.2 Å². The van der Waals surface area contributed by atoms with Gasteiger partial charge in [-0.3, -0.25) is 34.2 Å². The van der Waals surface area contributed by atoms with Crippen LogP contribution in [0.15, 0.2) is 18.2 Å². The van der Waals surface area contributed by atoms with Crippen LogP contribution in [0, 0.1) is 0 Å². The molecule has 0 bridgehead atoms. The Hall–Kier alpha value is -3.31.